The molecular weight excluding hydrogens is 344 g/mol. The van der Waals surface area contributed by atoms with E-state index < -0.39 is 0 Å². The molecule has 0 atom stereocenters. The Morgan fingerprint density at radius 3 is 2.59 bits per heavy atom. The molecule has 2 aromatic heterocycles. The first kappa shape index (κ1) is 17.0. The number of amides is 1. The van der Waals surface area contributed by atoms with Crippen LogP contribution >= 0.6 is 0 Å². The molecule has 1 amide bonds. The molecule has 27 heavy (non-hydrogen) atoms. The maximum atomic E-state index is 12.7. The van der Waals surface area contributed by atoms with Crippen molar-refractivity contribution in [2.75, 3.05) is 38.2 Å². The number of aromatic nitrogens is 4. The molecule has 0 N–H and O–H groups in total. The van der Waals surface area contributed by atoms with Crippen molar-refractivity contribution in [3.8, 4) is 11.6 Å². The van der Waals surface area contributed by atoms with Crippen LogP contribution < -0.4 is 9.64 Å². The number of imidazole rings is 1. The molecule has 138 valence electrons. The molecule has 1 aliphatic heterocycles. The predicted octanol–water partition coefficient (Wildman–Crippen LogP) is 1.63. The second kappa shape index (κ2) is 7.45. The van der Waals surface area contributed by atoms with Crippen molar-refractivity contribution < 1.29 is 9.53 Å². The second-order valence-electron chi connectivity index (χ2n) is 6.23. The van der Waals surface area contributed by atoms with E-state index in [4.69, 9.17) is 4.74 Å². The fourth-order valence-corrected chi connectivity index (χ4v) is 3.11. The highest BCUT2D eigenvalue weighted by molar-refractivity contribution is 5.92. The summed E-state index contributed by atoms with van der Waals surface area (Å²) in [6.45, 7) is 2.81. The van der Waals surface area contributed by atoms with Gasteiger partial charge >= 0.3 is 0 Å². The van der Waals surface area contributed by atoms with Gasteiger partial charge in [0.05, 0.1) is 7.11 Å². The second-order valence-corrected chi connectivity index (χ2v) is 6.23. The van der Waals surface area contributed by atoms with Gasteiger partial charge in [0, 0.05) is 50.3 Å². The van der Waals surface area contributed by atoms with Crippen LogP contribution in [0.3, 0.4) is 0 Å². The Bertz CT molecular complexity index is 902. The van der Waals surface area contributed by atoms with Crippen molar-refractivity contribution in [1.82, 2.24) is 24.6 Å². The summed E-state index contributed by atoms with van der Waals surface area (Å²) in [6.07, 6.45) is 5.09. The number of ether oxygens (including phenoxy) is 1. The number of hydrogen-bond acceptors (Lipinski definition) is 6. The summed E-state index contributed by atoms with van der Waals surface area (Å²) >= 11 is 0. The van der Waals surface area contributed by atoms with Gasteiger partial charge in [0.1, 0.15) is 12.1 Å². The van der Waals surface area contributed by atoms with E-state index in [1.807, 2.05) is 23.1 Å². The van der Waals surface area contributed by atoms with Gasteiger partial charge in [-0.2, -0.15) is 0 Å². The summed E-state index contributed by atoms with van der Waals surface area (Å²) in [7, 11) is 1.66. The molecule has 1 aliphatic rings. The number of methoxy groups -OCH3 is 1. The molecule has 3 aromatic rings. The Balaban J connectivity index is 1.39. The van der Waals surface area contributed by atoms with Crippen LogP contribution in [-0.2, 0) is 0 Å². The molecule has 1 saturated heterocycles. The standard InChI is InChI=1S/C19H20N6O2/c1-27-16-4-2-3-15(13-16)23-9-11-24(12-10-23)19(26)17-5-6-18(22-21-17)25-8-7-20-14-25/h2-8,13-14H,9-12H2,1H3. The Kier molecular flexibility index (Phi) is 4.69. The summed E-state index contributed by atoms with van der Waals surface area (Å²) in [5, 5.41) is 8.21. The summed E-state index contributed by atoms with van der Waals surface area (Å²) in [5.41, 5.74) is 1.46. The van der Waals surface area contributed by atoms with Gasteiger partial charge in [0.15, 0.2) is 11.5 Å². The van der Waals surface area contributed by atoms with E-state index in [-0.39, 0.29) is 5.91 Å². The number of nitrogens with zero attached hydrogens (tertiary/aromatic N) is 6. The topological polar surface area (TPSA) is 76.4 Å². The van der Waals surface area contributed by atoms with Gasteiger partial charge in [-0.05, 0) is 24.3 Å². The average Bonchev–Trinajstić information content (AvgIpc) is 3.28. The van der Waals surface area contributed by atoms with Gasteiger partial charge in [0.25, 0.3) is 5.91 Å². The summed E-state index contributed by atoms with van der Waals surface area (Å²) in [4.78, 5) is 20.8. The lowest BCUT2D eigenvalue weighted by molar-refractivity contribution is 0.0739. The molecule has 1 aromatic carbocycles. The molecule has 0 saturated carbocycles. The van der Waals surface area contributed by atoms with Crippen LogP contribution in [0, 0.1) is 0 Å². The molecule has 1 fully saturated rings. The molecule has 8 nitrogen and oxygen atoms in total. The van der Waals surface area contributed by atoms with Gasteiger partial charge < -0.3 is 14.5 Å². The molecule has 0 bridgehead atoms. The number of benzene rings is 1. The lowest BCUT2D eigenvalue weighted by Crippen LogP contribution is -2.49. The Morgan fingerprint density at radius 2 is 1.93 bits per heavy atom. The normalized spacial score (nSPS) is 14.3. The van der Waals surface area contributed by atoms with Crippen LogP contribution in [0.4, 0.5) is 5.69 Å². The van der Waals surface area contributed by atoms with Crippen molar-refractivity contribution in [3.63, 3.8) is 0 Å². The molecule has 0 spiro atoms. The third-order valence-corrected chi connectivity index (χ3v) is 4.62. The lowest BCUT2D eigenvalue weighted by Gasteiger charge is -2.36. The third-order valence-electron chi connectivity index (χ3n) is 4.62. The third kappa shape index (κ3) is 3.59. The van der Waals surface area contributed by atoms with E-state index in [1.165, 1.54) is 0 Å². The molecule has 4 rings (SSSR count). The predicted molar refractivity (Wildman–Crippen MR) is 100 cm³/mol. The number of carbonyl (C=O) groups excluding carboxylic acids is 1. The van der Waals surface area contributed by atoms with Crippen LogP contribution in [0.2, 0.25) is 0 Å². The van der Waals surface area contributed by atoms with Crippen LogP contribution in [0.15, 0.2) is 55.1 Å². The quantitative estimate of drug-likeness (QED) is 0.700. The van der Waals surface area contributed by atoms with E-state index in [9.17, 15) is 4.79 Å². The largest absolute Gasteiger partial charge is 0.497 e. The first-order valence-corrected chi connectivity index (χ1v) is 8.75. The summed E-state index contributed by atoms with van der Waals surface area (Å²) in [6, 6.07) is 11.4. The lowest BCUT2D eigenvalue weighted by atomic mass is 10.2. The molecule has 3 heterocycles. The van der Waals surface area contributed by atoms with Gasteiger partial charge in [0.2, 0.25) is 0 Å². The minimum Gasteiger partial charge on any atom is -0.497 e. The summed E-state index contributed by atoms with van der Waals surface area (Å²) in [5.74, 6) is 1.37. The highest BCUT2D eigenvalue weighted by atomic mass is 16.5. The molecule has 8 heteroatoms. The van der Waals surface area contributed by atoms with Gasteiger partial charge in [-0.1, -0.05) is 6.07 Å². The van der Waals surface area contributed by atoms with Crippen LogP contribution in [0.1, 0.15) is 10.5 Å². The number of carbonyl (C=O) groups is 1. The van der Waals surface area contributed by atoms with Crippen molar-refractivity contribution >= 4 is 11.6 Å². The number of anilines is 1. The SMILES string of the molecule is COc1cccc(N2CCN(C(=O)c3ccc(-n4ccnc4)nn3)CC2)c1. The summed E-state index contributed by atoms with van der Waals surface area (Å²) < 4.78 is 7.03. The van der Waals surface area contributed by atoms with Crippen molar-refractivity contribution in [2.45, 2.75) is 0 Å². The zero-order valence-corrected chi connectivity index (χ0v) is 15.0. The van der Waals surface area contributed by atoms with Crippen LogP contribution in [-0.4, -0.2) is 63.8 Å². The zero-order chi connectivity index (χ0) is 18.6. The maximum absolute atomic E-state index is 12.7. The Hall–Kier alpha value is -3.42. The highest BCUT2D eigenvalue weighted by Crippen LogP contribution is 2.22. The van der Waals surface area contributed by atoms with Crippen LogP contribution in [0.25, 0.3) is 5.82 Å². The van der Waals surface area contributed by atoms with E-state index in [1.54, 1.807) is 42.5 Å². The fourth-order valence-electron chi connectivity index (χ4n) is 3.11. The van der Waals surface area contributed by atoms with Crippen molar-refractivity contribution in [3.05, 3.63) is 60.8 Å². The maximum Gasteiger partial charge on any atom is 0.274 e. The molecule has 0 unspecified atom stereocenters. The van der Waals surface area contributed by atoms with E-state index in [2.05, 4.69) is 26.1 Å². The number of hydrogen-bond donors (Lipinski definition) is 0. The van der Waals surface area contributed by atoms with Crippen molar-refractivity contribution in [1.29, 1.82) is 0 Å². The van der Waals surface area contributed by atoms with E-state index >= 15 is 0 Å². The molecule has 0 radical (unpaired) electrons. The fraction of sp³-hybridized carbons (Fsp3) is 0.263. The zero-order valence-electron chi connectivity index (χ0n) is 15.0. The van der Waals surface area contributed by atoms with Gasteiger partial charge in [-0.15, -0.1) is 10.2 Å². The van der Waals surface area contributed by atoms with E-state index in [0.29, 0.717) is 24.6 Å². The minimum atomic E-state index is -0.0926. The van der Waals surface area contributed by atoms with Gasteiger partial charge in [-0.25, -0.2) is 4.98 Å². The minimum absolute atomic E-state index is 0.0926. The number of piperazine rings is 1. The number of rotatable bonds is 4. The molecular formula is C19H20N6O2. The van der Waals surface area contributed by atoms with Crippen LogP contribution in [0.5, 0.6) is 5.75 Å². The molecule has 0 aliphatic carbocycles. The Morgan fingerprint density at radius 1 is 1.07 bits per heavy atom. The first-order valence-electron chi connectivity index (χ1n) is 8.75. The van der Waals surface area contributed by atoms with E-state index in [0.717, 1.165) is 24.5 Å². The van der Waals surface area contributed by atoms with Crippen molar-refractivity contribution in [2.24, 2.45) is 0 Å². The Labute approximate surface area is 157 Å². The highest BCUT2D eigenvalue weighted by Gasteiger charge is 2.23. The van der Waals surface area contributed by atoms with Gasteiger partial charge in [-0.3, -0.25) is 9.36 Å². The smallest absolute Gasteiger partial charge is 0.274 e. The average molecular weight is 364 g/mol. The first-order chi connectivity index (χ1) is 13.2. The monoisotopic (exact) mass is 364 g/mol.